The highest BCUT2D eigenvalue weighted by atomic mass is 32.2. The predicted octanol–water partition coefficient (Wildman–Crippen LogP) is 2.58. The van der Waals surface area contributed by atoms with Gasteiger partial charge in [-0.25, -0.2) is 8.42 Å². The Labute approximate surface area is 183 Å². The van der Waals surface area contributed by atoms with Gasteiger partial charge in [-0.15, -0.1) is 0 Å². The zero-order valence-electron chi connectivity index (χ0n) is 17.3. The summed E-state index contributed by atoms with van der Waals surface area (Å²) in [7, 11) is -1.35. The number of nitrogens with zero attached hydrogens (tertiary/aromatic N) is 1. The molecule has 0 bridgehead atoms. The summed E-state index contributed by atoms with van der Waals surface area (Å²) in [5.74, 6) is -1.18. The second-order valence-electron chi connectivity index (χ2n) is 6.55. The van der Waals surface area contributed by atoms with E-state index in [0.29, 0.717) is 0 Å². The van der Waals surface area contributed by atoms with Gasteiger partial charge in [-0.1, -0.05) is 6.07 Å². The van der Waals surface area contributed by atoms with E-state index < -0.39 is 28.3 Å². The number of nitrogens with one attached hydrogen (secondary N) is 1. The summed E-state index contributed by atoms with van der Waals surface area (Å²) < 4.78 is 73.0. The summed E-state index contributed by atoms with van der Waals surface area (Å²) in [5, 5.41) is 2.51. The van der Waals surface area contributed by atoms with Crippen LogP contribution in [-0.2, 0) is 14.8 Å². The van der Waals surface area contributed by atoms with Crippen LogP contribution in [0, 0.1) is 0 Å². The van der Waals surface area contributed by atoms with Crippen LogP contribution in [-0.4, -0.2) is 65.8 Å². The molecule has 1 N–H and O–H groups in total. The number of anilines is 1. The van der Waals surface area contributed by atoms with E-state index in [-0.39, 0.29) is 53.9 Å². The number of halogens is 2. The zero-order valence-corrected chi connectivity index (χ0v) is 18.2. The molecule has 2 aromatic carbocycles. The van der Waals surface area contributed by atoms with Crippen molar-refractivity contribution < 1.29 is 40.9 Å². The van der Waals surface area contributed by atoms with E-state index in [1.54, 1.807) is 0 Å². The molecule has 174 valence electrons. The lowest BCUT2D eigenvalue weighted by Gasteiger charge is -2.26. The normalized spacial score (nSPS) is 14.8. The molecule has 12 heteroatoms. The van der Waals surface area contributed by atoms with Crippen LogP contribution in [0.25, 0.3) is 0 Å². The lowest BCUT2D eigenvalue weighted by atomic mass is 10.1. The summed E-state index contributed by atoms with van der Waals surface area (Å²) in [6, 6.07) is 8.16. The first-order chi connectivity index (χ1) is 15.3. The number of methoxy groups -OCH3 is 2. The van der Waals surface area contributed by atoms with Crippen LogP contribution in [0.1, 0.15) is 10.4 Å². The molecule has 0 saturated carbocycles. The number of morpholine rings is 1. The van der Waals surface area contributed by atoms with E-state index >= 15 is 0 Å². The largest absolute Gasteiger partial charge is 0.495 e. The minimum absolute atomic E-state index is 0.0525. The fourth-order valence-electron chi connectivity index (χ4n) is 3.15. The number of sulfonamides is 1. The standard InChI is InChI=1S/C20H22F2N2O7S/c1-28-15-7-6-13(12-17(15)32(26,27)24-8-10-30-11-9-24)23-19(25)14-4-3-5-16(29-2)18(14)31-20(21)22/h3-7,12,20H,8-11H2,1-2H3,(H,23,25). The van der Waals surface area contributed by atoms with Crippen LogP contribution < -0.4 is 19.5 Å². The highest BCUT2D eigenvalue weighted by molar-refractivity contribution is 7.89. The summed E-state index contributed by atoms with van der Waals surface area (Å²) >= 11 is 0. The molecule has 1 aliphatic rings. The molecule has 9 nitrogen and oxygen atoms in total. The van der Waals surface area contributed by atoms with Crippen molar-refractivity contribution in [3.05, 3.63) is 42.0 Å². The van der Waals surface area contributed by atoms with Crippen molar-refractivity contribution in [1.82, 2.24) is 4.31 Å². The van der Waals surface area contributed by atoms with Crippen LogP contribution in [0.5, 0.6) is 17.2 Å². The maximum absolute atomic E-state index is 13.1. The molecular weight excluding hydrogens is 450 g/mol. The van der Waals surface area contributed by atoms with E-state index in [1.165, 1.54) is 54.9 Å². The number of benzene rings is 2. The molecule has 1 fully saturated rings. The molecule has 0 radical (unpaired) electrons. The molecule has 32 heavy (non-hydrogen) atoms. The van der Waals surface area contributed by atoms with Crippen LogP contribution in [0.15, 0.2) is 41.3 Å². The minimum atomic E-state index is -3.93. The monoisotopic (exact) mass is 472 g/mol. The maximum Gasteiger partial charge on any atom is 0.387 e. The number of hydrogen-bond donors (Lipinski definition) is 1. The van der Waals surface area contributed by atoms with Crippen molar-refractivity contribution in [1.29, 1.82) is 0 Å². The Bertz CT molecular complexity index is 1070. The minimum Gasteiger partial charge on any atom is -0.495 e. The quantitative estimate of drug-likeness (QED) is 0.630. The average Bonchev–Trinajstić information content (AvgIpc) is 2.79. The van der Waals surface area contributed by atoms with E-state index in [2.05, 4.69) is 10.1 Å². The van der Waals surface area contributed by atoms with Crippen molar-refractivity contribution in [3.8, 4) is 17.2 Å². The smallest absolute Gasteiger partial charge is 0.387 e. The fraction of sp³-hybridized carbons (Fsp3) is 0.350. The highest BCUT2D eigenvalue weighted by Gasteiger charge is 2.30. The molecule has 0 aliphatic carbocycles. The molecule has 3 rings (SSSR count). The molecule has 1 heterocycles. The SMILES string of the molecule is COc1ccc(NC(=O)c2cccc(OC)c2OC(F)F)cc1S(=O)(=O)N1CCOCC1. The third-order valence-electron chi connectivity index (χ3n) is 4.66. The molecule has 0 aromatic heterocycles. The van der Waals surface area contributed by atoms with Gasteiger partial charge in [0.1, 0.15) is 10.6 Å². The van der Waals surface area contributed by atoms with E-state index in [4.69, 9.17) is 14.2 Å². The Kier molecular flexibility index (Phi) is 7.48. The lowest BCUT2D eigenvalue weighted by molar-refractivity contribution is -0.0515. The van der Waals surface area contributed by atoms with Gasteiger partial charge in [0.2, 0.25) is 10.0 Å². The molecule has 1 aliphatic heterocycles. The fourth-order valence-corrected chi connectivity index (χ4v) is 4.74. The Hall–Kier alpha value is -2.96. The number of hydrogen-bond acceptors (Lipinski definition) is 7. The lowest BCUT2D eigenvalue weighted by Crippen LogP contribution is -2.40. The molecular formula is C20H22F2N2O7S. The summed E-state index contributed by atoms with van der Waals surface area (Å²) in [4.78, 5) is 12.7. The van der Waals surface area contributed by atoms with Gasteiger partial charge in [0.25, 0.3) is 5.91 Å². The Morgan fingerprint density at radius 1 is 1.09 bits per heavy atom. The average molecular weight is 472 g/mol. The van der Waals surface area contributed by atoms with Gasteiger partial charge in [0.05, 0.1) is 33.0 Å². The third-order valence-corrected chi connectivity index (χ3v) is 6.58. The number of alkyl halides is 2. The summed E-state index contributed by atoms with van der Waals surface area (Å²) in [5.41, 5.74) is -0.0912. The summed E-state index contributed by atoms with van der Waals surface area (Å²) in [6.45, 7) is -2.29. The van der Waals surface area contributed by atoms with Crippen LogP contribution in [0.2, 0.25) is 0 Å². The topological polar surface area (TPSA) is 103 Å². The van der Waals surface area contributed by atoms with Crippen molar-refractivity contribution in [2.45, 2.75) is 11.5 Å². The molecule has 0 spiro atoms. The Morgan fingerprint density at radius 3 is 2.41 bits per heavy atom. The zero-order chi connectivity index (χ0) is 23.3. The van der Waals surface area contributed by atoms with E-state index in [1.807, 2.05) is 0 Å². The van der Waals surface area contributed by atoms with Gasteiger partial charge in [-0.2, -0.15) is 13.1 Å². The first-order valence-corrected chi connectivity index (χ1v) is 10.9. The second kappa shape index (κ2) is 10.1. The van der Waals surface area contributed by atoms with Crippen molar-refractivity contribution in [2.24, 2.45) is 0 Å². The van der Waals surface area contributed by atoms with Crippen LogP contribution >= 0.6 is 0 Å². The number of amides is 1. The highest BCUT2D eigenvalue weighted by Crippen LogP contribution is 2.34. The van der Waals surface area contributed by atoms with Crippen LogP contribution in [0.4, 0.5) is 14.5 Å². The van der Waals surface area contributed by atoms with Crippen LogP contribution in [0.3, 0.4) is 0 Å². The number of rotatable bonds is 8. The first kappa shape index (κ1) is 23.7. The van der Waals surface area contributed by atoms with Crippen molar-refractivity contribution >= 4 is 21.6 Å². The van der Waals surface area contributed by atoms with Gasteiger partial charge in [0, 0.05) is 18.8 Å². The number of para-hydroxylation sites is 1. The molecule has 1 saturated heterocycles. The predicted molar refractivity (Wildman–Crippen MR) is 110 cm³/mol. The van der Waals surface area contributed by atoms with Gasteiger partial charge in [-0.05, 0) is 30.3 Å². The van der Waals surface area contributed by atoms with Gasteiger partial charge < -0.3 is 24.3 Å². The molecule has 0 unspecified atom stereocenters. The third kappa shape index (κ3) is 5.09. The van der Waals surface area contributed by atoms with Crippen molar-refractivity contribution in [2.75, 3.05) is 45.8 Å². The van der Waals surface area contributed by atoms with Gasteiger partial charge in [-0.3, -0.25) is 4.79 Å². The number of ether oxygens (including phenoxy) is 4. The molecule has 0 atom stereocenters. The number of carbonyl (C=O) groups excluding carboxylic acids is 1. The summed E-state index contributed by atoms with van der Waals surface area (Å²) in [6.07, 6.45) is 0. The van der Waals surface area contributed by atoms with Crippen molar-refractivity contribution in [3.63, 3.8) is 0 Å². The first-order valence-electron chi connectivity index (χ1n) is 9.47. The second-order valence-corrected chi connectivity index (χ2v) is 8.46. The molecule has 1 amide bonds. The van der Waals surface area contributed by atoms with E-state index in [9.17, 15) is 22.0 Å². The Balaban J connectivity index is 1.94. The van der Waals surface area contributed by atoms with E-state index in [0.717, 1.165) is 0 Å². The Morgan fingerprint density at radius 2 is 1.78 bits per heavy atom. The van der Waals surface area contributed by atoms with Gasteiger partial charge >= 0.3 is 6.61 Å². The van der Waals surface area contributed by atoms with Gasteiger partial charge in [0.15, 0.2) is 11.5 Å². The number of carbonyl (C=O) groups is 1. The molecule has 2 aromatic rings. The maximum atomic E-state index is 13.1.